The first-order valence-corrected chi connectivity index (χ1v) is 10.2. The van der Waals surface area contributed by atoms with E-state index in [1.165, 1.54) is 0 Å². The number of hydrogen-bond donors (Lipinski definition) is 0. The minimum absolute atomic E-state index is 0.0130. The summed E-state index contributed by atoms with van der Waals surface area (Å²) in [5, 5.41) is 0.951. The van der Waals surface area contributed by atoms with Crippen molar-refractivity contribution in [2.45, 2.75) is 18.9 Å². The SMILES string of the molecule is O=C(c1nc(Cl)c(Cl)c(Cl)c1Cl)N1CCCC1c1nc2ccccc2s1. The molecule has 1 fully saturated rings. The molecule has 0 spiro atoms. The molecule has 4 rings (SSSR count). The summed E-state index contributed by atoms with van der Waals surface area (Å²) < 4.78 is 1.09. The van der Waals surface area contributed by atoms with Crippen LogP contribution in [0.2, 0.25) is 20.2 Å². The number of aromatic nitrogens is 2. The number of hydrogen-bond acceptors (Lipinski definition) is 4. The Balaban J connectivity index is 1.71. The molecule has 0 aliphatic carbocycles. The highest BCUT2D eigenvalue weighted by atomic mass is 35.5. The lowest BCUT2D eigenvalue weighted by atomic mass is 10.2. The molecule has 2 aromatic heterocycles. The van der Waals surface area contributed by atoms with Crippen LogP contribution >= 0.6 is 57.7 Å². The molecule has 0 radical (unpaired) electrons. The molecule has 1 aromatic carbocycles. The summed E-state index contributed by atoms with van der Waals surface area (Å²) in [5.74, 6) is -0.322. The van der Waals surface area contributed by atoms with Gasteiger partial charge in [0.05, 0.1) is 31.3 Å². The number of likely N-dealkylation sites (tertiary alicyclic amines) is 1. The van der Waals surface area contributed by atoms with Gasteiger partial charge in [0, 0.05) is 6.54 Å². The van der Waals surface area contributed by atoms with Gasteiger partial charge in [-0.1, -0.05) is 58.5 Å². The molecule has 134 valence electrons. The number of rotatable bonds is 2. The van der Waals surface area contributed by atoms with Gasteiger partial charge in [-0.25, -0.2) is 9.97 Å². The molecule has 0 N–H and O–H groups in total. The largest absolute Gasteiger partial charge is 0.328 e. The van der Waals surface area contributed by atoms with E-state index in [1.54, 1.807) is 16.2 Å². The summed E-state index contributed by atoms with van der Waals surface area (Å²) in [6.45, 7) is 0.593. The van der Waals surface area contributed by atoms with Crippen molar-refractivity contribution in [2.75, 3.05) is 6.54 Å². The van der Waals surface area contributed by atoms with Gasteiger partial charge in [-0.15, -0.1) is 11.3 Å². The highest BCUT2D eigenvalue weighted by Gasteiger charge is 2.35. The van der Waals surface area contributed by atoms with E-state index in [1.807, 2.05) is 24.3 Å². The Kier molecular flexibility index (Phi) is 5.01. The Morgan fingerprint density at radius 1 is 1.08 bits per heavy atom. The first-order chi connectivity index (χ1) is 12.5. The third-order valence-electron chi connectivity index (χ3n) is 4.30. The van der Waals surface area contributed by atoms with Gasteiger partial charge in [0.15, 0.2) is 0 Å². The van der Waals surface area contributed by atoms with Crippen molar-refractivity contribution in [3.05, 3.63) is 55.2 Å². The lowest BCUT2D eigenvalue weighted by Gasteiger charge is -2.23. The first-order valence-electron chi connectivity index (χ1n) is 7.84. The second kappa shape index (κ2) is 7.13. The van der Waals surface area contributed by atoms with Crippen LogP contribution in [0.1, 0.15) is 34.4 Å². The normalized spacial score (nSPS) is 17.2. The minimum Gasteiger partial charge on any atom is -0.328 e. The molecule has 1 saturated heterocycles. The molecule has 4 nitrogen and oxygen atoms in total. The molecular formula is C17H11Cl4N3OS. The summed E-state index contributed by atoms with van der Waals surface area (Å²) in [7, 11) is 0. The van der Waals surface area contributed by atoms with E-state index < -0.39 is 0 Å². The van der Waals surface area contributed by atoms with Crippen molar-refractivity contribution < 1.29 is 4.79 Å². The number of fused-ring (bicyclic) bond motifs is 1. The average molecular weight is 447 g/mol. The third-order valence-corrected chi connectivity index (χ3v) is 7.11. The summed E-state index contributed by atoms with van der Waals surface area (Å²) in [6.07, 6.45) is 1.71. The highest BCUT2D eigenvalue weighted by Crippen LogP contribution is 2.40. The number of pyridine rings is 1. The summed E-state index contributed by atoms with van der Waals surface area (Å²) >= 11 is 25.8. The number of nitrogens with zero attached hydrogens (tertiary/aromatic N) is 3. The van der Waals surface area contributed by atoms with Crippen LogP contribution in [0.15, 0.2) is 24.3 Å². The Bertz CT molecular complexity index is 990. The van der Waals surface area contributed by atoms with Crippen LogP contribution in [-0.2, 0) is 0 Å². The monoisotopic (exact) mass is 445 g/mol. The molecule has 0 bridgehead atoms. The fraction of sp³-hybridized carbons (Fsp3) is 0.235. The molecule has 1 unspecified atom stereocenters. The predicted octanol–water partition coefficient (Wildman–Crippen LogP) is 6.28. The first kappa shape index (κ1) is 18.3. The number of para-hydroxylation sites is 1. The quantitative estimate of drug-likeness (QED) is 0.435. The maximum absolute atomic E-state index is 13.1. The molecule has 0 saturated carbocycles. The zero-order valence-corrected chi connectivity index (χ0v) is 17.0. The molecule has 1 atom stereocenters. The van der Waals surface area contributed by atoms with Crippen LogP contribution in [0.5, 0.6) is 0 Å². The van der Waals surface area contributed by atoms with Crippen molar-refractivity contribution in [1.29, 1.82) is 0 Å². The van der Waals surface area contributed by atoms with Gasteiger partial charge in [-0.05, 0) is 25.0 Å². The van der Waals surface area contributed by atoms with Gasteiger partial charge in [-0.2, -0.15) is 0 Å². The van der Waals surface area contributed by atoms with E-state index in [0.29, 0.717) is 6.54 Å². The molecule has 1 aliphatic heterocycles. The number of amides is 1. The van der Waals surface area contributed by atoms with E-state index >= 15 is 0 Å². The highest BCUT2D eigenvalue weighted by molar-refractivity contribution is 7.18. The Labute approximate surface area is 173 Å². The summed E-state index contributed by atoms with van der Waals surface area (Å²) in [4.78, 5) is 23.6. The van der Waals surface area contributed by atoms with Gasteiger partial charge >= 0.3 is 0 Å². The van der Waals surface area contributed by atoms with Crippen LogP contribution < -0.4 is 0 Å². The van der Waals surface area contributed by atoms with Gasteiger partial charge in [0.1, 0.15) is 15.9 Å². The van der Waals surface area contributed by atoms with Gasteiger partial charge in [-0.3, -0.25) is 4.79 Å². The third kappa shape index (κ3) is 3.06. The second-order valence-corrected chi connectivity index (χ2v) is 8.42. The van der Waals surface area contributed by atoms with Crippen LogP contribution in [-0.4, -0.2) is 27.3 Å². The van der Waals surface area contributed by atoms with Crippen LogP contribution in [0.25, 0.3) is 10.2 Å². The lowest BCUT2D eigenvalue weighted by molar-refractivity contribution is 0.0730. The van der Waals surface area contributed by atoms with Gasteiger partial charge in [0.25, 0.3) is 5.91 Å². The van der Waals surface area contributed by atoms with E-state index in [-0.39, 0.29) is 37.9 Å². The number of halogens is 4. The molecule has 1 amide bonds. The van der Waals surface area contributed by atoms with E-state index in [2.05, 4.69) is 4.98 Å². The van der Waals surface area contributed by atoms with E-state index in [4.69, 9.17) is 51.4 Å². The number of benzene rings is 1. The van der Waals surface area contributed by atoms with Gasteiger partial charge in [0.2, 0.25) is 0 Å². The molecule has 9 heteroatoms. The van der Waals surface area contributed by atoms with Crippen molar-refractivity contribution >= 4 is 73.9 Å². The van der Waals surface area contributed by atoms with Crippen molar-refractivity contribution in [3.63, 3.8) is 0 Å². The molecule has 26 heavy (non-hydrogen) atoms. The summed E-state index contributed by atoms with van der Waals surface area (Å²) in [6, 6.07) is 7.79. The van der Waals surface area contributed by atoms with Crippen molar-refractivity contribution in [3.8, 4) is 0 Å². The second-order valence-electron chi connectivity index (χ2n) is 5.87. The Morgan fingerprint density at radius 3 is 2.62 bits per heavy atom. The van der Waals surface area contributed by atoms with E-state index in [0.717, 1.165) is 28.1 Å². The molecular weight excluding hydrogens is 436 g/mol. The average Bonchev–Trinajstić information content (AvgIpc) is 3.28. The predicted molar refractivity (Wildman–Crippen MR) is 107 cm³/mol. The topological polar surface area (TPSA) is 46.1 Å². The van der Waals surface area contributed by atoms with E-state index in [9.17, 15) is 4.79 Å². The zero-order chi connectivity index (χ0) is 18.4. The fourth-order valence-corrected chi connectivity index (χ4v) is 4.99. The maximum atomic E-state index is 13.1. The number of carbonyl (C=O) groups excluding carboxylic acids is 1. The molecule has 3 aromatic rings. The van der Waals surface area contributed by atoms with Crippen molar-refractivity contribution in [1.82, 2.24) is 14.9 Å². The Hall–Kier alpha value is -1.11. The molecule has 1 aliphatic rings. The molecule has 3 heterocycles. The van der Waals surface area contributed by atoms with Crippen molar-refractivity contribution in [2.24, 2.45) is 0 Å². The lowest BCUT2D eigenvalue weighted by Crippen LogP contribution is -2.31. The standard InChI is InChI=1S/C17H11Cl4N3OS/c18-11-12(19)14(23-15(21)13(11)20)17(25)24-7-3-5-9(24)16-22-8-4-1-2-6-10(8)26-16/h1-2,4,6,9H,3,5,7H2. The van der Waals surface area contributed by atoms with Crippen LogP contribution in [0.3, 0.4) is 0 Å². The number of thiazole rings is 1. The fourth-order valence-electron chi connectivity index (χ4n) is 3.06. The smallest absolute Gasteiger partial charge is 0.274 e. The zero-order valence-electron chi connectivity index (χ0n) is 13.2. The Morgan fingerprint density at radius 2 is 1.85 bits per heavy atom. The van der Waals surface area contributed by atoms with Crippen LogP contribution in [0, 0.1) is 0 Å². The maximum Gasteiger partial charge on any atom is 0.274 e. The number of carbonyl (C=O) groups is 1. The summed E-state index contributed by atoms with van der Waals surface area (Å²) in [5.41, 5.74) is 0.944. The minimum atomic E-state index is -0.322. The van der Waals surface area contributed by atoms with Gasteiger partial charge < -0.3 is 4.90 Å². The van der Waals surface area contributed by atoms with Crippen LogP contribution in [0.4, 0.5) is 0 Å².